The molecule has 1 amide bonds. The maximum absolute atomic E-state index is 16.3. The quantitative estimate of drug-likeness (QED) is 0.147. The first kappa shape index (κ1) is 49.2. The summed E-state index contributed by atoms with van der Waals surface area (Å²) < 4.78 is 42.7. The highest BCUT2D eigenvalue weighted by Gasteiger charge is 2.78. The van der Waals surface area contributed by atoms with Gasteiger partial charge in [0.2, 0.25) is 0 Å². The van der Waals surface area contributed by atoms with Crippen LogP contribution in [-0.2, 0) is 47.5 Å². The van der Waals surface area contributed by atoms with Crippen LogP contribution in [0.4, 0.5) is 4.79 Å². The number of aliphatic hydroxyl groups is 2. The molecule has 2 saturated carbocycles. The summed E-state index contributed by atoms with van der Waals surface area (Å²) in [4.78, 5) is 73.9. The SMILES string of the molecule is CO[C@H]1C[C@H]2OC[C@@]2(OC(C)=O)[C@H]2[C@H](OC(=O)c3ccccc3)[C@]3(O)C[C@H](OC(=O)[C@H](O)[C@@H](NC(=O)OC(C)(C)C)c4ccccc4)C(C)=C(C(CCN4CCOCC4)C(=O)[C@]12C)C3(C)C. The highest BCUT2D eigenvalue weighted by molar-refractivity contribution is 5.93. The monoisotopic (exact) mass is 918 g/mol. The molecule has 360 valence electrons. The molecule has 0 spiro atoms. The third kappa shape index (κ3) is 8.92. The van der Waals surface area contributed by atoms with Crippen molar-refractivity contribution in [3.05, 3.63) is 82.9 Å². The van der Waals surface area contributed by atoms with Crippen LogP contribution in [0.3, 0.4) is 0 Å². The third-order valence-corrected chi connectivity index (χ3v) is 14.8. The number of hydrogen-bond donors (Lipinski definition) is 3. The van der Waals surface area contributed by atoms with Gasteiger partial charge in [-0.2, -0.15) is 0 Å². The van der Waals surface area contributed by atoms with Crippen molar-refractivity contribution in [1.82, 2.24) is 10.2 Å². The van der Waals surface area contributed by atoms with Crippen LogP contribution >= 0.6 is 0 Å². The molecule has 2 aromatic rings. The van der Waals surface area contributed by atoms with Crippen molar-refractivity contribution < 1.29 is 67.3 Å². The van der Waals surface area contributed by atoms with Crippen molar-refractivity contribution in [1.29, 1.82) is 0 Å². The molecule has 2 aromatic carbocycles. The average Bonchev–Trinajstić information content (AvgIpc) is 3.26. The number of benzene rings is 2. The van der Waals surface area contributed by atoms with E-state index in [-0.39, 0.29) is 37.2 Å². The molecule has 3 aliphatic carbocycles. The molecule has 0 radical (unpaired) electrons. The molecule has 16 heteroatoms. The van der Waals surface area contributed by atoms with E-state index in [0.717, 1.165) is 0 Å². The maximum Gasteiger partial charge on any atom is 0.408 e. The lowest BCUT2D eigenvalue weighted by Crippen LogP contribution is -2.81. The number of ketones is 1. The van der Waals surface area contributed by atoms with Gasteiger partial charge in [-0.1, -0.05) is 62.4 Å². The number of nitrogens with one attached hydrogen (secondary N) is 1. The summed E-state index contributed by atoms with van der Waals surface area (Å²) in [6, 6.07) is 15.3. The van der Waals surface area contributed by atoms with Gasteiger partial charge in [0.1, 0.15) is 35.3 Å². The van der Waals surface area contributed by atoms with Crippen molar-refractivity contribution >= 4 is 29.8 Å². The van der Waals surface area contributed by atoms with Crippen LogP contribution in [0.2, 0.25) is 0 Å². The summed E-state index contributed by atoms with van der Waals surface area (Å²) in [6.45, 7) is 16.0. The molecule has 2 bridgehead atoms. The zero-order valence-corrected chi connectivity index (χ0v) is 39.5. The molecule has 4 fully saturated rings. The topological polar surface area (TPSA) is 206 Å². The average molecular weight is 919 g/mol. The summed E-state index contributed by atoms with van der Waals surface area (Å²) in [7, 11) is 1.50. The van der Waals surface area contributed by atoms with Crippen molar-refractivity contribution in [2.75, 3.05) is 46.6 Å². The van der Waals surface area contributed by atoms with E-state index in [1.54, 1.807) is 109 Å². The Morgan fingerprint density at radius 2 is 1.61 bits per heavy atom. The Morgan fingerprint density at radius 3 is 2.18 bits per heavy atom. The first-order valence-electron chi connectivity index (χ1n) is 22.9. The number of morpholine rings is 1. The van der Waals surface area contributed by atoms with Crippen molar-refractivity contribution in [3.8, 4) is 0 Å². The molecule has 66 heavy (non-hydrogen) atoms. The zero-order chi connectivity index (χ0) is 48.0. The Morgan fingerprint density at radius 1 is 0.970 bits per heavy atom. The summed E-state index contributed by atoms with van der Waals surface area (Å²) in [5, 5.41) is 28.6. The van der Waals surface area contributed by atoms with Crippen LogP contribution in [0.25, 0.3) is 0 Å². The number of hydrogen-bond acceptors (Lipinski definition) is 15. The Balaban J connectivity index is 1.40. The number of aliphatic hydroxyl groups excluding tert-OH is 1. The fourth-order valence-corrected chi connectivity index (χ4v) is 11.5. The minimum absolute atomic E-state index is 0.159. The van der Waals surface area contributed by atoms with Gasteiger partial charge in [-0.05, 0) is 76.4 Å². The summed E-state index contributed by atoms with van der Waals surface area (Å²) >= 11 is 0. The Labute approximate surface area is 386 Å². The standard InChI is InChI=1S/C50H66N2O14/c1-29-34(63-44(57)39(54)38(31-16-12-10-13-17-31)51-45(58)66-46(3,4)5)27-50(59)42(64-43(56)32-18-14-11-15-19-32)40-48(8,35(60-9)26-36-49(40,28-62-36)65-30(2)53)41(55)33(37(29)47(50,6)7)20-21-52-22-24-61-25-23-52/h10-19,33-36,38-40,42,54,59H,20-28H2,1-9H3,(H,51,58)/t33?,34-,35-,36+,38-,39+,40-,42-,48+,49-,50+/m0/s1. The van der Waals surface area contributed by atoms with E-state index in [9.17, 15) is 29.4 Å². The van der Waals surface area contributed by atoms with Gasteiger partial charge in [0, 0.05) is 51.3 Å². The minimum Gasteiger partial charge on any atom is -0.456 e. The molecule has 1 unspecified atom stereocenters. The lowest BCUT2D eigenvalue weighted by atomic mass is 9.43. The number of rotatable bonds is 12. The van der Waals surface area contributed by atoms with Crippen molar-refractivity contribution in [3.63, 3.8) is 0 Å². The third-order valence-electron chi connectivity index (χ3n) is 14.8. The van der Waals surface area contributed by atoms with E-state index in [1.165, 1.54) is 14.0 Å². The molecule has 2 saturated heterocycles. The largest absolute Gasteiger partial charge is 0.456 e. The molecule has 2 aliphatic heterocycles. The number of esters is 3. The highest BCUT2D eigenvalue weighted by atomic mass is 16.6. The highest BCUT2D eigenvalue weighted by Crippen LogP contribution is 2.65. The van der Waals surface area contributed by atoms with Crippen LogP contribution < -0.4 is 5.32 Å². The van der Waals surface area contributed by atoms with E-state index in [0.29, 0.717) is 49.6 Å². The minimum atomic E-state index is -2.18. The second-order valence-electron chi connectivity index (χ2n) is 20.2. The van der Waals surface area contributed by atoms with Gasteiger partial charge in [0.05, 0.1) is 48.9 Å². The molecular formula is C50H66N2O14. The number of amides is 1. The molecule has 3 N–H and O–H groups in total. The van der Waals surface area contributed by atoms with E-state index in [1.807, 2.05) is 0 Å². The van der Waals surface area contributed by atoms with Gasteiger partial charge >= 0.3 is 24.0 Å². The fraction of sp³-hybridized carbons (Fsp3) is 0.620. The summed E-state index contributed by atoms with van der Waals surface area (Å²) in [5.41, 5.74) is -6.11. The predicted octanol–water partition coefficient (Wildman–Crippen LogP) is 4.89. The van der Waals surface area contributed by atoms with Crippen LogP contribution in [0.5, 0.6) is 0 Å². The fourth-order valence-electron chi connectivity index (χ4n) is 11.5. The number of ether oxygens (including phenoxy) is 7. The van der Waals surface area contributed by atoms with Gasteiger partial charge in [-0.3, -0.25) is 14.5 Å². The first-order valence-corrected chi connectivity index (χ1v) is 22.9. The van der Waals surface area contributed by atoms with Gasteiger partial charge in [0.25, 0.3) is 0 Å². The van der Waals surface area contributed by atoms with Gasteiger partial charge in [-0.25, -0.2) is 14.4 Å². The summed E-state index contributed by atoms with van der Waals surface area (Å²) in [6.07, 6.45) is -7.40. The number of methoxy groups -OCH3 is 1. The molecule has 7 rings (SSSR count). The van der Waals surface area contributed by atoms with Crippen molar-refractivity contribution in [2.45, 2.75) is 128 Å². The molecule has 0 aromatic heterocycles. The summed E-state index contributed by atoms with van der Waals surface area (Å²) in [5.74, 6) is -5.09. The molecular weight excluding hydrogens is 853 g/mol. The number of carbonyl (C=O) groups excluding carboxylic acids is 5. The van der Waals surface area contributed by atoms with Gasteiger partial charge in [0.15, 0.2) is 11.7 Å². The number of alkyl carbamates (subject to hydrolysis) is 1. The molecule has 16 nitrogen and oxygen atoms in total. The van der Waals surface area contributed by atoms with Crippen LogP contribution in [0.1, 0.15) is 96.6 Å². The van der Waals surface area contributed by atoms with E-state index in [4.69, 9.17) is 33.2 Å². The Hall–Kier alpha value is -4.71. The van der Waals surface area contributed by atoms with E-state index < -0.39 is 100 Å². The van der Waals surface area contributed by atoms with Gasteiger partial charge in [-0.15, -0.1) is 0 Å². The lowest BCUT2D eigenvalue weighted by Gasteiger charge is -2.68. The molecule has 5 aliphatic rings. The van der Waals surface area contributed by atoms with E-state index in [2.05, 4.69) is 10.2 Å². The number of Topliss-reactive ketones (excluding diaryl/α,β-unsaturated/α-hetero) is 1. The van der Waals surface area contributed by atoms with Gasteiger partial charge < -0.3 is 48.7 Å². The van der Waals surface area contributed by atoms with Crippen LogP contribution in [0.15, 0.2) is 71.8 Å². The maximum atomic E-state index is 16.3. The Kier molecular flexibility index (Phi) is 14.0. The van der Waals surface area contributed by atoms with Crippen LogP contribution in [-0.4, -0.2) is 139 Å². The smallest absolute Gasteiger partial charge is 0.408 e. The molecule has 11 atom stereocenters. The zero-order valence-electron chi connectivity index (χ0n) is 39.5. The molecule has 2 heterocycles. The van der Waals surface area contributed by atoms with Crippen LogP contribution in [0, 0.1) is 22.7 Å². The lowest BCUT2D eigenvalue weighted by molar-refractivity contribution is -0.347. The Bertz CT molecular complexity index is 2170. The first-order chi connectivity index (χ1) is 31.1. The predicted molar refractivity (Wildman–Crippen MR) is 238 cm³/mol. The second kappa shape index (κ2) is 18.8. The normalized spacial score (nSPS) is 32.7. The second-order valence-corrected chi connectivity index (χ2v) is 20.2. The number of fused-ring (bicyclic) bond motifs is 5. The number of nitrogens with zero attached hydrogens (tertiary/aromatic N) is 1. The van der Waals surface area contributed by atoms with Crippen molar-refractivity contribution in [2.24, 2.45) is 22.7 Å². The van der Waals surface area contributed by atoms with E-state index >= 15 is 4.79 Å². The number of carbonyl (C=O) groups is 5.